The summed E-state index contributed by atoms with van der Waals surface area (Å²) >= 11 is 6.40. The molecular weight excluding hydrogens is 306 g/mol. The van der Waals surface area contributed by atoms with E-state index in [2.05, 4.69) is 57.9 Å². The fourth-order valence-corrected chi connectivity index (χ4v) is 3.24. The summed E-state index contributed by atoms with van der Waals surface area (Å²) in [6.45, 7) is 2.88. The molecule has 0 spiro atoms. The molecule has 0 saturated carbocycles. The molecule has 114 valence electrons. The first kappa shape index (κ1) is 14.1. The highest BCUT2D eigenvalue weighted by molar-refractivity contribution is 6.32. The van der Waals surface area contributed by atoms with Gasteiger partial charge < -0.3 is 9.55 Å². The molecule has 2 aromatic carbocycles. The van der Waals surface area contributed by atoms with Crippen LogP contribution in [0.4, 0.5) is 0 Å². The van der Waals surface area contributed by atoms with Gasteiger partial charge in [-0.25, -0.2) is 4.98 Å². The Kier molecular flexibility index (Phi) is 3.43. The van der Waals surface area contributed by atoms with Gasteiger partial charge in [0.05, 0.1) is 12.0 Å². The third kappa shape index (κ3) is 2.43. The van der Waals surface area contributed by atoms with Crippen molar-refractivity contribution < 1.29 is 0 Å². The Labute approximate surface area is 139 Å². The lowest BCUT2D eigenvalue weighted by molar-refractivity contribution is 0.800. The van der Waals surface area contributed by atoms with Crippen LogP contribution in [0, 0.1) is 6.92 Å². The van der Waals surface area contributed by atoms with Crippen LogP contribution < -0.4 is 0 Å². The monoisotopic (exact) mass is 321 g/mol. The lowest BCUT2D eigenvalue weighted by atomic mass is 10.1. The Morgan fingerprint density at radius 3 is 2.74 bits per heavy atom. The molecule has 1 N–H and O–H groups in total. The largest absolute Gasteiger partial charge is 0.360 e. The number of rotatable bonds is 3. The number of aromatic amines is 1. The number of halogens is 1. The van der Waals surface area contributed by atoms with Gasteiger partial charge in [-0.1, -0.05) is 54.1 Å². The molecule has 3 nitrogen and oxygen atoms in total. The number of benzene rings is 2. The maximum Gasteiger partial charge on any atom is 0.155 e. The Hall–Kier alpha value is -2.52. The van der Waals surface area contributed by atoms with E-state index in [4.69, 9.17) is 11.6 Å². The van der Waals surface area contributed by atoms with Gasteiger partial charge in [0.1, 0.15) is 0 Å². The number of H-pyrrole nitrogens is 1. The van der Waals surface area contributed by atoms with Gasteiger partial charge in [0.2, 0.25) is 0 Å². The van der Waals surface area contributed by atoms with Crippen molar-refractivity contribution in [3.05, 3.63) is 77.3 Å². The Bertz CT molecular complexity index is 981. The van der Waals surface area contributed by atoms with Crippen LogP contribution in [-0.2, 0) is 6.54 Å². The molecule has 0 saturated heterocycles. The van der Waals surface area contributed by atoms with Gasteiger partial charge in [-0.15, -0.1) is 0 Å². The third-order valence-electron chi connectivity index (χ3n) is 4.24. The summed E-state index contributed by atoms with van der Waals surface area (Å²) in [6, 6.07) is 16.6. The molecule has 23 heavy (non-hydrogen) atoms. The zero-order valence-electron chi connectivity index (χ0n) is 12.8. The second-order valence-corrected chi connectivity index (χ2v) is 6.04. The summed E-state index contributed by atoms with van der Waals surface area (Å²) in [6.07, 6.45) is 3.81. The molecule has 2 aromatic heterocycles. The zero-order chi connectivity index (χ0) is 15.8. The van der Waals surface area contributed by atoms with Crippen molar-refractivity contribution in [3.8, 4) is 11.3 Å². The molecule has 0 aliphatic carbocycles. The molecule has 0 unspecified atom stereocenters. The van der Waals surface area contributed by atoms with Crippen molar-refractivity contribution >= 4 is 22.5 Å². The average Bonchev–Trinajstić information content (AvgIpc) is 3.13. The van der Waals surface area contributed by atoms with E-state index in [1.54, 1.807) is 0 Å². The van der Waals surface area contributed by atoms with E-state index in [0.29, 0.717) is 5.15 Å². The number of aromatic nitrogens is 3. The van der Waals surface area contributed by atoms with E-state index in [9.17, 15) is 0 Å². The van der Waals surface area contributed by atoms with E-state index in [1.807, 2.05) is 24.7 Å². The lowest BCUT2D eigenvalue weighted by Gasteiger charge is -2.10. The lowest BCUT2D eigenvalue weighted by Crippen LogP contribution is -2.02. The zero-order valence-corrected chi connectivity index (χ0v) is 13.5. The summed E-state index contributed by atoms with van der Waals surface area (Å²) < 4.78 is 2.11. The van der Waals surface area contributed by atoms with E-state index in [-0.39, 0.29) is 0 Å². The van der Waals surface area contributed by atoms with Crippen molar-refractivity contribution in [2.75, 3.05) is 0 Å². The van der Waals surface area contributed by atoms with E-state index in [1.165, 1.54) is 11.1 Å². The van der Waals surface area contributed by atoms with Gasteiger partial charge in [-0.05, 0) is 24.1 Å². The van der Waals surface area contributed by atoms with Crippen molar-refractivity contribution in [2.45, 2.75) is 13.5 Å². The first-order valence-electron chi connectivity index (χ1n) is 7.55. The predicted molar refractivity (Wildman–Crippen MR) is 94.8 cm³/mol. The summed E-state index contributed by atoms with van der Waals surface area (Å²) in [5, 5.41) is 1.68. The molecule has 0 fully saturated rings. The standard InChI is InChI=1S/C19H16ClN3/c1-13-6-2-3-7-14(13)11-23-12-22-19(20)18(23)16-10-21-17-9-5-4-8-15(16)17/h2-10,12,21H,11H2,1H3. The number of imidazole rings is 1. The molecule has 0 atom stereocenters. The van der Waals surface area contributed by atoms with E-state index >= 15 is 0 Å². The second kappa shape index (κ2) is 5.60. The van der Waals surface area contributed by atoms with Gasteiger partial charge in [0, 0.05) is 29.2 Å². The van der Waals surface area contributed by atoms with Gasteiger partial charge >= 0.3 is 0 Å². The highest BCUT2D eigenvalue weighted by Gasteiger charge is 2.16. The maximum absolute atomic E-state index is 6.40. The Morgan fingerprint density at radius 1 is 1.09 bits per heavy atom. The van der Waals surface area contributed by atoms with Crippen molar-refractivity contribution in [1.29, 1.82) is 0 Å². The quantitative estimate of drug-likeness (QED) is 0.563. The van der Waals surface area contributed by atoms with Gasteiger partial charge in [-0.2, -0.15) is 0 Å². The third-order valence-corrected chi connectivity index (χ3v) is 4.52. The molecule has 4 heteroatoms. The van der Waals surface area contributed by atoms with E-state index in [0.717, 1.165) is 28.7 Å². The normalized spacial score (nSPS) is 11.2. The summed E-state index contributed by atoms with van der Waals surface area (Å²) in [4.78, 5) is 7.63. The van der Waals surface area contributed by atoms with Crippen molar-refractivity contribution in [3.63, 3.8) is 0 Å². The first-order chi connectivity index (χ1) is 11.2. The van der Waals surface area contributed by atoms with Crippen LogP contribution in [0.2, 0.25) is 5.15 Å². The van der Waals surface area contributed by atoms with Crippen LogP contribution in [0.1, 0.15) is 11.1 Å². The topological polar surface area (TPSA) is 33.6 Å². The van der Waals surface area contributed by atoms with Gasteiger partial charge in [-0.3, -0.25) is 0 Å². The van der Waals surface area contributed by atoms with Crippen molar-refractivity contribution in [1.82, 2.24) is 14.5 Å². The second-order valence-electron chi connectivity index (χ2n) is 5.69. The predicted octanol–water partition coefficient (Wildman–Crippen LogP) is 5.04. The van der Waals surface area contributed by atoms with Gasteiger partial charge in [0.15, 0.2) is 5.15 Å². The highest BCUT2D eigenvalue weighted by Crippen LogP contribution is 2.33. The van der Waals surface area contributed by atoms with Crippen LogP contribution >= 0.6 is 11.6 Å². The highest BCUT2D eigenvalue weighted by atomic mass is 35.5. The maximum atomic E-state index is 6.40. The van der Waals surface area contributed by atoms with Gasteiger partial charge in [0.25, 0.3) is 0 Å². The summed E-state index contributed by atoms with van der Waals surface area (Å²) in [5.74, 6) is 0. The number of hydrogen-bond acceptors (Lipinski definition) is 1. The minimum atomic E-state index is 0.531. The number of fused-ring (bicyclic) bond motifs is 1. The molecule has 0 amide bonds. The van der Waals surface area contributed by atoms with Crippen LogP contribution in [0.3, 0.4) is 0 Å². The molecule has 0 radical (unpaired) electrons. The van der Waals surface area contributed by atoms with Crippen LogP contribution in [-0.4, -0.2) is 14.5 Å². The number of nitrogens with one attached hydrogen (secondary N) is 1. The van der Waals surface area contributed by atoms with Crippen molar-refractivity contribution in [2.24, 2.45) is 0 Å². The Balaban J connectivity index is 1.84. The minimum absolute atomic E-state index is 0.531. The smallest absolute Gasteiger partial charge is 0.155 e. The van der Waals surface area contributed by atoms with Crippen LogP contribution in [0.15, 0.2) is 61.1 Å². The van der Waals surface area contributed by atoms with Crippen LogP contribution in [0.25, 0.3) is 22.2 Å². The van der Waals surface area contributed by atoms with E-state index < -0.39 is 0 Å². The molecule has 4 rings (SSSR count). The first-order valence-corrected chi connectivity index (χ1v) is 7.93. The average molecular weight is 322 g/mol. The fraction of sp³-hybridized carbons (Fsp3) is 0.105. The molecule has 0 aliphatic rings. The number of hydrogen-bond donors (Lipinski definition) is 1. The molecule has 4 aromatic rings. The summed E-state index contributed by atoms with van der Waals surface area (Å²) in [5.41, 5.74) is 5.66. The molecule has 0 aliphatic heterocycles. The fourth-order valence-electron chi connectivity index (χ4n) is 2.98. The van der Waals surface area contributed by atoms with Crippen LogP contribution in [0.5, 0.6) is 0 Å². The number of nitrogens with zero attached hydrogens (tertiary/aromatic N) is 2. The minimum Gasteiger partial charge on any atom is -0.360 e. The number of para-hydroxylation sites is 1. The molecule has 0 bridgehead atoms. The molecular formula is C19H16ClN3. The number of aryl methyl sites for hydroxylation is 1. The summed E-state index contributed by atoms with van der Waals surface area (Å²) in [7, 11) is 0. The SMILES string of the molecule is Cc1ccccc1Cn1cnc(Cl)c1-c1c[nH]c2ccccc12. The molecule has 2 heterocycles. The Morgan fingerprint density at radius 2 is 1.87 bits per heavy atom.